The lowest BCUT2D eigenvalue weighted by Gasteiger charge is -2.37. The summed E-state index contributed by atoms with van der Waals surface area (Å²) >= 11 is 0. The summed E-state index contributed by atoms with van der Waals surface area (Å²) in [5, 5.41) is 0. The number of carbonyl (C=O) groups excluding carboxylic acids is 1. The molecule has 1 saturated heterocycles. The maximum Gasteiger partial charge on any atom is 0.363 e. The number of hydrogen-bond donors (Lipinski definition) is 1. The zero-order valence-corrected chi connectivity index (χ0v) is 15.4. The van der Waals surface area contributed by atoms with Gasteiger partial charge in [0.1, 0.15) is 11.4 Å². The number of nitrogen functional groups attached to an aromatic ring is 1. The number of esters is 1. The van der Waals surface area contributed by atoms with Gasteiger partial charge in [0.05, 0.1) is 6.20 Å². The molecule has 0 amide bonds. The maximum absolute atomic E-state index is 12.6. The standard InChI is InChI=1S/C20H25N3O3/c1-20(2,3)26-19(24)18(23-8-5-9-23)25-17-11-15(12-22-13-17)14-6-4-7-16(21)10-14/h4,6-7,10-13,18H,5,8-9,21H2,1-3H3/t18-/m0/s1. The van der Waals surface area contributed by atoms with E-state index in [-0.39, 0.29) is 5.97 Å². The van der Waals surface area contributed by atoms with E-state index in [0.717, 1.165) is 30.6 Å². The first-order valence-corrected chi connectivity index (χ1v) is 8.76. The van der Waals surface area contributed by atoms with Crippen molar-refractivity contribution in [2.75, 3.05) is 18.8 Å². The molecule has 0 spiro atoms. The molecular formula is C20H25N3O3. The predicted molar refractivity (Wildman–Crippen MR) is 101 cm³/mol. The number of nitrogens with two attached hydrogens (primary N) is 1. The Balaban J connectivity index is 1.80. The van der Waals surface area contributed by atoms with E-state index in [4.69, 9.17) is 15.2 Å². The fourth-order valence-electron chi connectivity index (χ4n) is 2.69. The van der Waals surface area contributed by atoms with Crippen molar-refractivity contribution in [3.8, 4) is 16.9 Å². The predicted octanol–water partition coefficient (Wildman–Crippen LogP) is 3.08. The third-order valence-corrected chi connectivity index (χ3v) is 4.01. The molecule has 1 atom stereocenters. The van der Waals surface area contributed by atoms with Crippen LogP contribution in [0.4, 0.5) is 5.69 Å². The minimum atomic E-state index is -0.763. The number of anilines is 1. The molecule has 6 nitrogen and oxygen atoms in total. The van der Waals surface area contributed by atoms with Crippen molar-refractivity contribution in [1.29, 1.82) is 0 Å². The van der Waals surface area contributed by atoms with Crippen molar-refractivity contribution < 1.29 is 14.3 Å². The van der Waals surface area contributed by atoms with Gasteiger partial charge in [-0.3, -0.25) is 9.88 Å². The topological polar surface area (TPSA) is 77.7 Å². The molecule has 2 heterocycles. The Labute approximate surface area is 153 Å². The maximum atomic E-state index is 12.6. The van der Waals surface area contributed by atoms with E-state index in [1.165, 1.54) is 0 Å². The molecule has 1 fully saturated rings. The van der Waals surface area contributed by atoms with E-state index in [0.29, 0.717) is 11.4 Å². The van der Waals surface area contributed by atoms with Crippen molar-refractivity contribution in [3.63, 3.8) is 0 Å². The largest absolute Gasteiger partial charge is 0.462 e. The van der Waals surface area contributed by atoms with Gasteiger partial charge in [0, 0.05) is 30.5 Å². The molecule has 2 N–H and O–H groups in total. The van der Waals surface area contributed by atoms with Crippen LogP contribution in [0.2, 0.25) is 0 Å². The molecule has 138 valence electrons. The number of likely N-dealkylation sites (tertiary alicyclic amines) is 1. The molecule has 26 heavy (non-hydrogen) atoms. The molecule has 1 aliphatic heterocycles. The number of ether oxygens (including phenoxy) is 2. The summed E-state index contributed by atoms with van der Waals surface area (Å²) in [5.74, 6) is 0.138. The van der Waals surface area contributed by atoms with Gasteiger partial charge < -0.3 is 15.2 Å². The third kappa shape index (κ3) is 4.52. The smallest absolute Gasteiger partial charge is 0.363 e. The van der Waals surface area contributed by atoms with Gasteiger partial charge in [-0.05, 0) is 51.0 Å². The Bertz CT molecular complexity index is 782. The van der Waals surface area contributed by atoms with Crippen molar-refractivity contribution in [1.82, 2.24) is 9.88 Å². The van der Waals surface area contributed by atoms with E-state index in [1.807, 2.05) is 56.0 Å². The Morgan fingerprint density at radius 1 is 1.19 bits per heavy atom. The first-order chi connectivity index (χ1) is 12.3. The molecule has 0 unspecified atom stereocenters. The van der Waals surface area contributed by atoms with Crippen LogP contribution < -0.4 is 10.5 Å². The number of hydrogen-bond acceptors (Lipinski definition) is 6. The summed E-state index contributed by atoms with van der Waals surface area (Å²) in [6.07, 6.45) is 3.63. The lowest BCUT2D eigenvalue weighted by Crippen LogP contribution is -2.53. The number of pyridine rings is 1. The van der Waals surface area contributed by atoms with E-state index in [9.17, 15) is 4.79 Å². The Hall–Kier alpha value is -2.60. The summed E-state index contributed by atoms with van der Waals surface area (Å²) in [6, 6.07) is 9.42. The summed E-state index contributed by atoms with van der Waals surface area (Å²) in [5.41, 5.74) is 7.80. The van der Waals surface area contributed by atoms with Gasteiger partial charge in [0.2, 0.25) is 0 Å². The fourth-order valence-corrected chi connectivity index (χ4v) is 2.69. The molecule has 0 radical (unpaired) electrons. The lowest BCUT2D eigenvalue weighted by molar-refractivity contribution is -0.176. The highest BCUT2D eigenvalue weighted by molar-refractivity contribution is 5.75. The van der Waals surface area contributed by atoms with Crippen LogP contribution in [0.5, 0.6) is 5.75 Å². The molecule has 1 aromatic carbocycles. The van der Waals surface area contributed by atoms with Crippen LogP contribution in [0.15, 0.2) is 42.7 Å². The third-order valence-electron chi connectivity index (χ3n) is 4.01. The van der Waals surface area contributed by atoms with Crippen LogP contribution in [0.3, 0.4) is 0 Å². The minimum absolute atomic E-state index is 0.383. The van der Waals surface area contributed by atoms with Crippen LogP contribution in [0.25, 0.3) is 11.1 Å². The second-order valence-corrected chi connectivity index (χ2v) is 7.43. The number of nitrogens with zero attached hydrogens (tertiary/aromatic N) is 2. The van der Waals surface area contributed by atoms with Gasteiger partial charge in [-0.25, -0.2) is 4.79 Å². The number of rotatable bonds is 5. The highest BCUT2D eigenvalue weighted by Crippen LogP contribution is 2.26. The Morgan fingerprint density at radius 2 is 1.96 bits per heavy atom. The molecule has 1 aromatic heterocycles. The highest BCUT2D eigenvalue weighted by atomic mass is 16.6. The molecule has 0 bridgehead atoms. The minimum Gasteiger partial charge on any atom is -0.462 e. The summed E-state index contributed by atoms with van der Waals surface area (Å²) in [6.45, 7) is 7.17. The summed E-state index contributed by atoms with van der Waals surface area (Å²) < 4.78 is 11.5. The van der Waals surface area contributed by atoms with Gasteiger partial charge in [-0.15, -0.1) is 0 Å². The van der Waals surface area contributed by atoms with Gasteiger partial charge in [-0.2, -0.15) is 0 Å². The van der Waals surface area contributed by atoms with Crippen LogP contribution >= 0.6 is 0 Å². The van der Waals surface area contributed by atoms with E-state index >= 15 is 0 Å². The van der Waals surface area contributed by atoms with Crippen LogP contribution in [-0.2, 0) is 9.53 Å². The quantitative estimate of drug-likeness (QED) is 0.656. The molecule has 0 saturated carbocycles. The first-order valence-electron chi connectivity index (χ1n) is 8.76. The highest BCUT2D eigenvalue weighted by Gasteiger charge is 2.35. The summed E-state index contributed by atoms with van der Waals surface area (Å²) in [7, 11) is 0. The average molecular weight is 355 g/mol. The molecule has 1 aliphatic rings. The Kier molecular flexibility index (Phi) is 5.13. The molecule has 2 aromatic rings. The van der Waals surface area contributed by atoms with Crippen molar-refractivity contribution in [2.45, 2.75) is 39.0 Å². The molecule has 3 rings (SSSR count). The van der Waals surface area contributed by atoms with Crippen molar-refractivity contribution in [2.24, 2.45) is 0 Å². The molecule has 6 heteroatoms. The number of benzene rings is 1. The van der Waals surface area contributed by atoms with E-state index in [1.54, 1.807) is 12.4 Å². The van der Waals surface area contributed by atoms with Crippen molar-refractivity contribution in [3.05, 3.63) is 42.7 Å². The second-order valence-electron chi connectivity index (χ2n) is 7.43. The first kappa shape index (κ1) is 18.2. The van der Waals surface area contributed by atoms with Gasteiger partial charge >= 0.3 is 5.97 Å². The van der Waals surface area contributed by atoms with Crippen LogP contribution in [-0.4, -0.2) is 40.8 Å². The number of aromatic nitrogens is 1. The van der Waals surface area contributed by atoms with Gasteiger partial charge in [0.15, 0.2) is 0 Å². The van der Waals surface area contributed by atoms with Gasteiger partial charge in [-0.1, -0.05) is 12.1 Å². The van der Waals surface area contributed by atoms with Crippen molar-refractivity contribution >= 4 is 11.7 Å². The fraction of sp³-hybridized carbons (Fsp3) is 0.400. The SMILES string of the molecule is CC(C)(C)OC(=O)[C@H](Oc1cncc(-c2cccc(N)c2)c1)N1CCC1. The lowest BCUT2D eigenvalue weighted by atomic mass is 10.1. The molecule has 0 aliphatic carbocycles. The van der Waals surface area contributed by atoms with E-state index < -0.39 is 11.8 Å². The summed E-state index contributed by atoms with van der Waals surface area (Å²) in [4.78, 5) is 18.8. The second kappa shape index (κ2) is 7.33. The average Bonchev–Trinajstić information content (AvgIpc) is 2.51. The van der Waals surface area contributed by atoms with E-state index in [2.05, 4.69) is 4.98 Å². The van der Waals surface area contributed by atoms with Gasteiger partial charge in [0.25, 0.3) is 6.23 Å². The normalized spacial score (nSPS) is 15.8. The zero-order valence-electron chi connectivity index (χ0n) is 15.4. The monoisotopic (exact) mass is 355 g/mol. The van der Waals surface area contributed by atoms with Crippen LogP contribution in [0, 0.1) is 0 Å². The Morgan fingerprint density at radius 3 is 2.58 bits per heavy atom. The number of carbonyl (C=O) groups is 1. The zero-order chi connectivity index (χ0) is 18.7. The van der Waals surface area contributed by atoms with Crippen LogP contribution in [0.1, 0.15) is 27.2 Å². The molecular weight excluding hydrogens is 330 g/mol.